The minimum Gasteiger partial charge on any atom is -0.379 e. The fourth-order valence-corrected chi connectivity index (χ4v) is 3.26. The lowest BCUT2D eigenvalue weighted by atomic mass is 10.0. The van der Waals surface area contributed by atoms with Gasteiger partial charge in [-0.2, -0.15) is 4.68 Å². The zero-order chi connectivity index (χ0) is 18.5. The van der Waals surface area contributed by atoms with E-state index in [1.807, 2.05) is 42.5 Å². The monoisotopic (exact) mass is 368 g/mol. The second-order valence-electron chi connectivity index (χ2n) is 6.35. The first-order valence-corrected chi connectivity index (χ1v) is 8.96. The Bertz CT molecular complexity index is 848. The quantitative estimate of drug-likeness (QED) is 0.720. The minimum atomic E-state index is -0.236. The number of anilines is 1. The second kappa shape index (κ2) is 8.24. The molecule has 1 atom stereocenters. The van der Waals surface area contributed by atoms with Crippen LogP contribution in [-0.2, 0) is 4.74 Å². The predicted molar refractivity (Wildman–Crippen MR) is 99.2 cm³/mol. The van der Waals surface area contributed by atoms with E-state index in [9.17, 15) is 4.39 Å². The number of tetrazole rings is 1. The molecule has 27 heavy (non-hydrogen) atoms. The van der Waals surface area contributed by atoms with Crippen molar-refractivity contribution in [2.24, 2.45) is 0 Å². The Kier molecular flexibility index (Phi) is 5.36. The third-order valence-electron chi connectivity index (χ3n) is 4.67. The van der Waals surface area contributed by atoms with Crippen molar-refractivity contribution >= 4 is 5.95 Å². The summed E-state index contributed by atoms with van der Waals surface area (Å²) in [5, 5.41) is 15.3. The Morgan fingerprint density at radius 1 is 1.04 bits per heavy atom. The first-order chi connectivity index (χ1) is 13.3. The van der Waals surface area contributed by atoms with Crippen LogP contribution in [-0.4, -0.2) is 58.0 Å². The minimum absolute atomic E-state index is 0.0652. The lowest BCUT2D eigenvalue weighted by Gasteiger charge is -2.35. The van der Waals surface area contributed by atoms with Crippen molar-refractivity contribution in [3.8, 4) is 5.69 Å². The van der Waals surface area contributed by atoms with Gasteiger partial charge in [0.2, 0.25) is 5.95 Å². The van der Waals surface area contributed by atoms with Gasteiger partial charge < -0.3 is 10.1 Å². The zero-order valence-corrected chi connectivity index (χ0v) is 14.8. The van der Waals surface area contributed by atoms with Gasteiger partial charge in [0, 0.05) is 19.6 Å². The van der Waals surface area contributed by atoms with Crippen molar-refractivity contribution in [2.45, 2.75) is 6.04 Å². The van der Waals surface area contributed by atoms with Gasteiger partial charge in [-0.15, -0.1) is 0 Å². The number of hydrogen-bond donors (Lipinski definition) is 1. The van der Waals surface area contributed by atoms with Gasteiger partial charge in [0.15, 0.2) is 0 Å². The van der Waals surface area contributed by atoms with Gasteiger partial charge in [-0.05, 0) is 40.3 Å². The molecule has 1 aromatic heterocycles. The summed E-state index contributed by atoms with van der Waals surface area (Å²) >= 11 is 0. The topological polar surface area (TPSA) is 68.1 Å². The van der Waals surface area contributed by atoms with Crippen molar-refractivity contribution < 1.29 is 9.13 Å². The van der Waals surface area contributed by atoms with E-state index in [2.05, 4.69) is 25.7 Å². The van der Waals surface area contributed by atoms with Gasteiger partial charge in [0.1, 0.15) is 5.82 Å². The molecule has 140 valence electrons. The molecule has 0 spiro atoms. The van der Waals surface area contributed by atoms with E-state index in [-0.39, 0.29) is 11.9 Å². The number of nitrogens with one attached hydrogen (secondary N) is 1. The number of ether oxygens (including phenoxy) is 1. The highest BCUT2D eigenvalue weighted by atomic mass is 19.1. The maximum Gasteiger partial charge on any atom is 0.247 e. The molecular weight excluding hydrogens is 347 g/mol. The smallest absolute Gasteiger partial charge is 0.247 e. The molecule has 8 heteroatoms. The first-order valence-electron chi connectivity index (χ1n) is 8.96. The molecule has 4 rings (SSSR count). The van der Waals surface area contributed by atoms with E-state index in [4.69, 9.17) is 4.74 Å². The fourth-order valence-electron chi connectivity index (χ4n) is 3.26. The summed E-state index contributed by atoms with van der Waals surface area (Å²) in [5.41, 5.74) is 1.93. The maximum atomic E-state index is 13.4. The Morgan fingerprint density at radius 2 is 1.78 bits per heavy atom. The van der Waals surface area contributed by atoms with Gasteiger partial charge in [-0.25, -0.2) is 4.39 Å². The van der Waals surface area contributed by atoms with Crippen LogP contribution >= 0.6 is 0 Å². The Morgan fingerprint density at radius 3 is 2.52 bits per heavy atom. The standard InChI is InChI=1S/C19H21FN6O/c20-16-8-6-15(7-9-16)18(25-10-12-27-13-11-25)14-21-19-22-23-24-26(19)17-4-2-1-3-5-17/h1-9,18H,10-14H2,(H,21,22,24)/t18-/m0/s1. The highest BCUT2D eigenvalue weighted by Crippen LogP contribution is 2.23. The molecule has 0 bridgehead atoms. The first kappa shape index (κ1) is 17.6. The average Bonchev–Trinajstić information content (AvgIpc) is 3.19. The number of para-hydroxylation sites is 1. The van der Waals surface area contributed by atoms with Crippen molar-refractivity contribution in [1.82, 2.24) is 25.1 Å². The Balaban J connectivity index is 1.54. The lowest BCUT2D eigenvalue weighted by Crippen LogP contribution is -2.41. The molecule has 1 aliphatic heterocycles. The number of halogens is 1. The molecule has 0 aliphatic carbocycles. The summed E-state index contributed by atoms with van der Waals surface area (Å²) in [6.07, 6.45) is 0. The Hall–Kier alpha value is -2.84. The van der Waals surface area contributed by atoms with E-state index < -0.39 is 0 Å². The molecule has 7 nitrogen and oxygen atoms in total. The number of rotatable bonds is 6. The number of morpholine rings is 1. The molecule has 2 aromatic carbocycles. The van der Waals surface area contributed by atoms with Crippen LogP contribution < -0.4 is 5.32 Å². The normalized spacial score (nSPS) is 16.2. The summed E-state index contributed by atoms with van der Waals surface area (Å²) in [6, 6.07) is 16.4. The van der Waals surface area contributed by atoms with E-state index in [1.54, 1.807) is 4.68 Å². The molecule has 2 heterocycles. The fraction of sp³-hybridized carbons (Fsp3) is 0.316. The van der Waals surface area contributed by atoms with Crippen molar-refractivity contribution in [1.29, 1.82) is 0 Å². The molecule has 0 radical (unpaired) electrons. The van der Waals surface area contributed by atoms with Gasteiger partial charge in [0.25, 0.3) is 0 Å². The predicted octanol–water partition coefficient (Wildman–Crippen LogP) is 2.29. The summed E-state index contributed by atoms with van der Waals surface area (Å²) < 4.78 is 20.5. The Labute approximate surface area is 156 Å². The van der Waals surface area contributed by atoms with Crippen LogP contribution in [0.2, 0.25) is 0 Å². The van der Waals surface area contributed by atoms with E-state index in [0.717, 1.165) is 24.3 Å². The maximum absolute atomic E-state index is 13.4. The summed E-state index contributed by atoms with van der Waals surface area (Å²) in [5.74, 6) is 0.335. The third kappa shape index (κ3) is 4.12. The molecule has 1 fully saturated rings. The molecule has 1 saturated heterocycles. The van der Waals surface area contributed by atoms with Gasteiger partial charge in [0.05, 0.1) is 24.9 Å². The molecule has 1 N–H and O–H groups in total. The summed E-state index contributed by atoms with van der Waals surface area (Å²) in [4.78, 5) is 2.33. The highest BCUT2D eigenvalue weighted by Gasteiger charge is 2.23. The van der Waals surface area contributed by atoms with E-state index >= 15 is 0 Å². The van der Waals surface area contributed by atoms with Crippen LogP contribution in [0, 0.1) is 5.82 Å². The third-order valence-corrected chi connectivity index (χ3v) is 4.67. The van der Waals surface area contributed by atoms with Crippen LogP contribution in [0.3, 0.4) is 0 Å². The van der Waals surface area contributed by atoms with Crippen LogP contribution in [0.1, 0.15) is 11.6 Å². The van der Waals surface area contributed by atoms with Crippen LogP contribution in [0.5, 0.6) is 0 Å². The van der Waals surface area contributed by atoms with Gasteiger partial charge in [-0.3, -0.25) is 4.90 Å². The van der Waals surface area contributed by atoms with Crippen LogP contribution in [0.15, 0.2) is 54.6 Å². The molecule has 1 aliphatic rings. The summed E-state index contributed by atoms with van der Waals surface area (Å²) in [7, 11) is 0. The lowest BCUT2D eigenvalue weighted by molar-refractivity contribution is 0.0186. The van der Waals surface area contributed by atoms with Crippen molar-refractivity contribution in [3.05, 3.63) is 66.0 Å². The molecule has 0 unspecified atom stereocenters. The van der Waals surface area contributed by atoms with Crippen molar-refractivity contribution in [2.75, 3.05) is 38.2 Å². The van der Waals surface area contributed by atoms with Gasteiger partial charge in [-0.1, -0.05) is 35.4 Å². The number of hydrogen-bond acceptors (Lipinski definition) is 6. The van der Waals surface area contributed by atoms with Gasteiger partial charge >= 0.3 is 0 Å². The molecule has 0 saturated carbocycles. The summed E-state index contributed by atoms with van der Waals surface area (Å²) in [6.45, 7) is 3.64. The van der Waals surface area contributed by atoms with Crippen LogP contribution in [0.4, 0.5) is 10.3 Å². The molecule has 3 aromatic rings. The molecule has 0 amide bonds. The number of aromatic nitrogens is 4. The average molecular weight is 368 g/mol. The SMILES string of the molecule is Fc1ccc([C@H](CNc2nnnn2-c2ccccc2)N2CCOCC2)cc1. The largest absolute Gasteiger partial charge is 0.379 e. The second-order valence-corrected chi connectivity index (χ2v) is 6.35. The number of benzene rings is 2. The molecular formula is C19H21FN6O. The van der Waals surface area contributed by atoms with Crippen molar-refractivity contribution in [3.63, 3.8) is 0 Å². The van der Waals surface area contributed by atoms with E-state index in [0.29, 0.717) is 25.7 Å². The highest BCUT2D eigenvalue weighted by molar-refractivity contribution is 5.38. The van der Waals surface area contributed by atoms with E-state index in [1.165, 1.54) is 12.1 Å². The number of nitrogens with zero attached hydrogens (tertiary/aromatic N) is 5. The zero-order valence-electron chi connectivity index (χ0n) is 14.8. The van der Waals surface area contributed by atoms with Crippen LogP contribution in [0.25, 0.3) is 5.69 Å².